The van der Waals surface area contributed by atoms with E-state index < -0.39 is 0 Å². The number of aryl methyl sites for hydroxylation is 1. The number of nitrogens with zero attached hydrogens (tertiary/aromatic N) is 2. The number of methoxy groups -OCH3 is 1. The van der Waals surface area contributed by atoms with Crippen LogP contribution >= 0.6 is 0 Å². The van der Waals surface area contributed by atoms with E-state index >= 15 is 0 Å². The van der Waals surface area contributed by atoms with Crippen molar-refractivity contribution in [2.75, 3.05) is 49.4 Å². The second-order valence-corrected chi connectivity index (χ2v) is 8.40. The average Bonchev–Trinajstić information content (AvgIpc) is 2.83. The highest BCUT2D eigenvalue weighted by Gasteiger charge is 2.25. The van der Waals surface area contributed by atoms with Crippen molar-refractivity contribution in [3.8, 4) is 5.75 Å². The van der Waals surface area contributed by atoms with Gasteiger partial charge in [0.05, 0.1) is 32.1 Å². The third-order valence-corrected chi connectivity index (χ3v) is 6.23. The number of carbonyl (C=O) groups excluding carboxylic acids is 1. The Morgan fingerprint density at radius 2 is 1.97 bits per heavy atom. The fraction of sp³-hybridized carbons (Fsp3) is 0.500. The van der Waals surface area contributed by atoms with Crippen LogP contribution in [-0.4, -0.2) is 56.5 Å². The predicted octanol–water partition coefficient (Wildman–Crippen LogP) is 3.40. The van der Waals surface area contributed by atoms with Crippen molar-refractivity contribution in [2.45, 2.75) is 44.8 Å². The number of nitrogens with two attached hydrogens (primary N) is 1. The zero-order valence-corrected chi connectivity index (χ0v) is 18.8. The van der Waals surface area contributed by atoms with Crippen molar-refractivity contribution in [3.63, 3.8) is 0 Å². The highest BCUT2D eigenvalue weighted by atomic mass is 16.5. The van der Waals surface area contributed by atoms with E-state index in [1.54, 1.807) is 18.3 Å². The minimum Gasteiger partial charge on any atom is -0.488 e. The lowest BCUT2D eigenvalue weighted by atomic mass is 9.92. The van der Waals surface area contributed by atoms with E-state index in [4.69, 9.17) is 19.9 Å². The van der Waals surface area contributed by atoms with Gasteiger partial charge in [0, 0.05) is 37.1 Å². The number of nitrogens with one attached hydrogen (secondary N) is 1. The maximum Gasteiger partial charge on any atom is 0.341 e. The second-order valence-electron chi connectivity index (χ2n) is 8.40. The molecular formula is C24H32N4O4. The van der Waals surface area contributed by atoms with Crippen LogP contribution in [0.5, 0.6) is 5.75 Å². The van der Waals surface area contributed by atoms with Crippen LogP contribution in [0.25, 0.3) is 0 Å². The molecule has 0 bridgehead atoms. The average molecular weight is 441 g/mol. The molecule has 1 aromatic carbocycles. The van der Waals surface area contributed by atoms with E-state index in [1.807, 2.05) is 6.92 Å². The molecule has 0 atom stereocenters. The van der Waals surface area contributed by atoms with Crippen LogP contribution in [0.4, 0.5) is 17.2 Å². The molecule has 172 valence electrons. The quantitative estimate of drug-likeness (QED) is 0.521. The highest BCUT2D eigenvalue weighted by molar-refractivity contribution is 5.94. The number of anilines is 3. The summed E-state index contributed by atoms with van der Waals surface area (Å²) < 4.78 is 16.7. The summed E-state index contributed by atoms with van der Waals surface area (Å²) in [5, 5.41) is 3.41. The fourth-order valence-electron chi connectivity index (χ4n) is 4.34. The molecule has 2 fully saturated rings. The van der Waals surface area contributed by atoms with Crippen molar-refractivity contribution in [1.82, 2.24) is 4.98 Å². The Labute approximate surface area is 189 Å². The zero-order valence-electron chi connectivity index (χ0n) is 18.8. The number of morpholine rings is 1. The molecule has 3 N–H and O–H groups in total. The lowest BCUT2D eigenvalue weighted by Crippen LogP contribution is -2.36. The third-order valence-electron chi connectivity index (χ3n) is 6.23. The maximum atomic E-state index is 12.0. The maximum absolute atomic E-state index is 12.0. The molecule has 4 rings (SSSR count). The molecule has 0 unspecified atom stereocenters. The molecule has 32 heavy (non-hydrogen) atoms. The van der Waals surface area contributed by atoms with E-state index in [1.165, 1.54) is 7.11 Å². The van der Waals surface area contributed by atoms with Crippen LogP contribution < -0.4 is 20.7 Å². The first-order valence-electron chi connectivity index (χ1n) is 11.2. The SMILES string of the molecule is COC(=O)c1cccnc1NC1CCC(Oc2cc(N3CCOCC3)cc(C)c2N)CC1. The molecule has 2 heterocycles. The van der Waals surface area contributed by atoms with Crippen molar-refractivity contribution in [3.05, 3.63) is 41.6 Å². The highest BCUT2D eigenvalue weighted by Crippen LogP contribution is 2.35. The molecule has 2 aliphatic rings. The largest absolute Gasteiger partial charge is 0.488 e. The van der Waals surface area contributed by atoms with Crippen LogP contribution in [-0.2, 0) is 9.47 Å². The Balaban J connectivity index is 1.37. The lowest BCUT2D eigenvalue weighted by molar-refractivity contribution is 0.0601. The number of carbonyl (C=O) groups is 1. The number of rotatable bonds is 6. The van der Waals surface area contributed by atoms with Crippen molar-refractivity contribution in [2.24, 2.45) is 0 Å². The van der Waals surface area contributed by atoms with Crippen LogP contribution in [0.1, 0.15) is 41.6 Å². The summed E-state index contributed by atoms with van der Waals surface area (Å²) in [6.45, 7) is 5.26. The van der Waals surface area contributed by atoms with Crippen LogP contribution in [0, 0.1) is 6.92 Å². The van der Waals surface area contributed by atoms with E-state index in [0.717, 1.165) is 69.0 Å². The summed E-state index contributed by atoms with van der Waals surface area (Å²) in [5.74, 6) is 0.950. The molecule has 1 aromatic heterocycles. The van der Waals surface area contributed by atoms with Gasteiger partial charge in [-0.2, -0.15) is 0 Å². The fourth-order valence-corrected chi connectivity index (χ4v) is 4.34. The summed E-state index contributed by atoms with van der Waals surface area (Å²) in [6.07, 6.45) is 5.43. The third kappa shape index (κ3) is 5.07. The van der Waals surface area contributed by atoms with Crippen molar-refractivity contribution >= 4 is 23.2 Å². The number of pyridine rings is 1. The topological polar surface area (TPSA) is 98.9 Å². The number of nitrogen functional groups attached to an aromatic ring is 1. The molecule has 8 heteroatoms. The number of ether oxygens (including phenoxy) is 3. The zero-order chi connectivity index (χ0) is 22.5. The molecule has 1 saturated carbocycles. The van der Waals surface area contributed by atoms with Gasteiger partial charge in [-0.25, -0.2) is 9.78 Å². The normalized spacial score (nSPS) is 21.1. The minimum atomic E-state index is -0.386. The molecule has 0 amide bonds. The van der Waals surface area contributed by atoms with Gasteiger partial charge in [-0.05, 0) is 56.4 Å². The number of esters is 1. The molecular weight excluding hydrogens is 408 g/mol. The smallest absolute Gasteiger partial charge is 0.341 e. The van der Waals surface area contributed by atoms with Gasteiger partial charge in [0.25, 0.3) is 0 Å². The Morgan fingerprint density at radius 3 is 2.69 bits per heavy atom. The van der Waals surface area contributed by atoms with Crippen molar-refractivity contribution < 1.29 is 19.0 Å². The van der Waals surface area contributed by atoms with Gasteiger partial charge in [-0.3, -0.25) is 0 Å². The van der Waals surface area contributed by atoms with Gasteiger partial charge in [0.15, 0.2) is 0 Å². The number of benzene rings is 1. The second kappa shape index (κ2) is 10.1. The summed E-state index contributed by atoms with van der Waals surface area (Å²) in [7, 11) is 1.38. The summed E-state index contributed by atoms with van der Waals surface area (Å²) in [5.41, 5.74) is 9.68. The van der Waals surface area contributed by atoms with Crippen LogP contribution in [0.15, 0.2) is 30.5 Å². The van der Waals surface area contributed by atoms with Gasteiger partial charge >= 0.3 is 5.97 Å². The van der Waals surface area contributed by atoms with Gasteiger partial charge in [-0.15, -0.1) is 0 Å². The first kappa shape index (κ1) is 22.2. The molecule has 1 saturated heterocycles. The molecule has 1 aliphatic carbocycles. The number of aromatic nitrogens is 1. The molecule has 2 aromatic rings. The van der Waals surface area contributed by atoms with E-state index in [-0.39, 0.29) is 18.1 Å². The minimum absolute atomic E-state index is 0.110. The number of hydrogen-bond acceptors (Lipinski definition) is 8. The predicted molar refractivity (Wildman–Crippen MR) is 124 cm³/mol. The van der Waals surface area contributed by atoms with Gasteiger partial charge in [0.1, 0.15) is 17.1 Å². The summed E-state index contributed by atoms with van der Waals surface area (Å²) in [4.78, 5) is 18.6. The van der Waals surface area contributed by atoms with Gasteiger partial charge in [-0.1, -0.05) is 0 Å². The van der Waals surface area contributed by atoms with Crippen LogP contribution in [0.3, 0.4) is 0 Å². The Kier molecular flexibility index (Phi) is 6.99. The number of hydrogen-bond donors (Lipinski definition) is 2. The van der Waals surface area contributed by atoms with E-state index in [9.17, 15) is 4.79 Å². The first-order valence-corrected chi connectivity index (χ1v) is 11.2. The summed E-state index contributed by atoms with van der Waals surface area (Å²) >= 11 is 0. The molecule has 0 spiro atoms. The van der Waals surface area contributed by atoms with Crippen LogP contribution in [0.2, 0.25) is 0 Å². The monoisotopic (exact) mass is 440 g/mol. The van der Waals surface area contributed by atoms with Crippen molar-refractivity contribution in [1.29, 1.82) is 0 Å². The first-order chi connectivity index (χ1) is 15.5. The summed E-state index contributed by atoms with van der Waals surface area (Å²) in [6, 6.07) is 7.88. The van der Waals surface area contributed by atoms with Gasteiger partial charge in [0.2, 0.25) is 0 Å². The molecule has 1 aliphatic heterocycles. The Bertz CT molecular complexity index is 938. The molecule has 8 nitrogen and oxygen atoms in total. The van der Waals surface area contributed by atoms with E-state index in [0.29, 0.717) is 17.1 Å². The van der Waals surface area contributed by atoms with E-state index in [2.05, 4.69) is 27.3 Å². The van der Waals surface area contributed by atoms with Gasteiger partial charge < -0.3 is 30.2 Å². The standard InChI is InChI=1S/C24H32N4O4/c1-16-14-18(28-10-12-31-13-11-28)15-21(22(16)25)32-19-7-5-17(6-8-19)27-23-20(24(29)30-2)4-3-9-26-23/h3-4,9,14-15,17,19H,5-8,10-13,25H2,1-2H3,(H,26,27). The Hall–Kier alpha value is -3.00. The molecule has 0 radical (unpaired) electrons. The lowest BCUT2D eigenvalue weighted by Gasteiger charge is -2.32. The Morgan fingerprint density at radius 1 is 1.22 bits per heavy atom.